The lowest BCUT2D eigenvalue weighted by Crippen LogP contribution is -2.21. The van der Waals surface area contributed by atoms with Crippen LogP contribution in [0.2, 0.25) is 0 Å². The van der Waals surface area contributed by atoms with Gasteiger partial charge in [0, 0.05) is 0 Å². The Kier molecular flexibility index (Phi) is 3.02. The highest BCUT2D eigenvalue weighted by Crippen LogP contribution is 1.89. The highest BCUT2D eigenvalue weighted by atomic mass is 32.2. The molecule has 0 radical (unpaired) electrons. The normalized spacial score (nSPS) is 15.4. The van der Waals surface area contributed by atoms with Gasteiger partial charge in [0.05, 0.1) is 6.10 Å². The maximum Gasteiger partial charge on any atom is 0.267 e. The van der Waals surface area contributed by atoms with Crippen molar-refractivity contribution in [3.8, 4) is 0 Å². The van der Waals surface area contributed by atoms with Crippen molar-refractivity contribution in [3.63, 3.8) is 0 Å². The van der Waals surface area contributed by atoms with Crippen molar-refractivity contribution in [1.82, 2.24) is 0 Å². The Morgan fingerprint density at radius 2 is 2.00 bits per heavy atom. The maximum absolute atomic E-state index is 11.3. The van der Waals surface area contributed by atoms with Gasteiger partial charge in [0.25, 0.3) is 10.1 Å². The standard InChI is InChI=1S/C3H7FO4S/c4-1-3(5)2-9(6,7)8/h3,5H,1-2H2,(H,6,7,8). The van der Waals surface area contributed by atoms with E-state index in [0.717, 1.165) is 0 Å². The lowest BCUT2D eigenvalue weighted by Gasteiger charge is -2.00. The first-order chi connectivity index (χ1) is 3.95. The smallest absolute Gasteiger partial charge is 0.267 e. The average molecular weight is 158 g/mol. The Labute approximate surface area is 52.1 Å². The fourth-order valence-corrected chi connectivity index (χ4v) is 0.863. The molecule has 0 saturated heterocycles. The molecule has 56 valence electrons. The molecule has 0 spiro atoms. The third kappa shape index (κ3) is 5.67. The molecule has 0 aromatic carbocycles. The van der Waals surface area contributed by atoms with Crippen molar-refractivity contribution in [1.29, 1.82) is 0 Å². The second-order valence-corrected chi connectivity index (χ2v) is 3.05. The number of hydrogen-bond acceptors (Lipinski definition) is 3. The molecular weight excluding hydrogens is 151 g/mol. The molecule has 9 heavy (non-hydrogen) atoms. The maximum atomic E-state index is 11.3. The van der Waals surface area contributed by atoms with Crippen LogP contribution in [0.25, 0.3) is 0 Å². The zero-order valence-corrected chi connectivity index (χ0v) is 5.31. The Morgan fingerprint density at radius 3 is 2.11 bits per heavy atom. The van der Waals surface area contributed by atoms with E-state index in [1.165, 1.54) is 0 Å². The number of rotatable bonds is 3. The van der Waals surface area contributed by atoms with E-state index in [2.05, 4.69) is 0 Å². The Hall–Kier alpha value is -0.200. The minimum Gasteiger partial charge on any atom is -0.389 e. The summed E-state index contributed by atoms with van der Waals surface area (Å²) in [5.41, 5.74) is 0. The van der Waals surface area contributed by atoms with Gasteiger partial charge in [-0.05, 0) is 0 Å². The molecule has 0 saturated carbocycles. The van der Waals surface area contributed by atoms with Crippen LogP contribution in [-0.4, -0.2) is 36.6 Å². The molecule has 0 amide bonds. The molecule has 4 nitrogen and oxygen atoms in total. The number of aliphatic hydroxyl groups is 1. The van der Waals surface area contributed by atoms with Gasteiger partial charge in [-0.1, -0.05) is 0 Å². The Balaban J connectivity index is 3.75. The zero-order valence-electron chi connectivity index (χ0n) is 4.49. The van der Waals surface area contributed by atoms with E-state index in [0.29, 0.717) is 0 Å². The monoisotopic (exact) mass is 158 g/mol. The Bertz CT molecular complexity index is 163. The molecule has 0 aromatic rings. The van der Waals surface area contributed by atoms with Crippen LogP contribution >= 0.6 is 0 Å². The van der Waals surface area contributed by atoms with Gasteiger partial charge in [-0.2, -0.15) is 8.42 Å². The van der Waals surface area contributed by atoms with Crippen LogP contribution in [0.4, 0.5) is 4.39 Å². The summed E-state index contributed by atoms with van der Waals surface area (Å²) >= 11 is 0. The highest BCUT2D eigenvalue weighted by molar-refractivity contribution is 7.85. The van der Waals surface area contributed by atoms with Gasteiger partial charge in [0.2, 0.25) is 0 Å². The van der Waals surface area contributed by atoms with Gasteiger partial charge < -0.3 is 5.11 Å². The molecule has 6 heteroatoms. The summed E-state index contributed by atoms with van der Waals surface area (Å²) in [6, 6.07) is 0. The number of alkyl halides is 1. The van der Waals surface area contributed by atoms with Crippen LogP contribution in [-0.2, 0) is 10.1 Å². The van der Waals surface area contributed by atoms with E-state index in [1.54, 1.807) is 0 Å². The van der Waals surface area contributed by atoms with Crippen molar-refractivity contribution in [2.45, 2.75) is 6.10 Å². The molecule has 0 aliphatic heterocycles. The first-order valence-electron chi connectivity index (χ1n) is 2.15. The predicted octanol–water partition coefficient (Wildman–Crippen LogP) is -0.795. The number of hydrogen-bond donors (Lipinski definition) is 2. The third-order valence-electron chi connectivity index (χ3n) is 0.581. The molecule has 0 aromatic heterocycles. The Morgan fingerprint density at radius 1 is 1.56 bits per heavy atom. The van der Waals surface area contributed by atoms with Crippen molar-refractivity contribution in [2.24, 2.45) is 0 Å². The lowest BCUT2D eigenvalue weighted by atomic mass is 10.5. The molecule has 0 heterocycles. The molecule has 2 N–H and O–H groups in total. The second-order valence-electron chi connectivity index (χ2n) is 1.56. The van der Waals surface area contributed by atoms with Gasteiger partial charge in [0.15, 0.2) is 0 Å². The van der Waals surface area contributed by atoms with Crippen LogP contribution in [0.1, 0.15) is 0 Å². The van der Waals surface area contributed by atoms with Gasteiger partial charge in [-0.3, -0.25) is 4.55 Å². The fraction of sp³-hybridized carbons (Fsp3) is 1.00. The van der Waals surface area contributed by atoms with E-state index < -0.39 is 28.6 Å². The summed E-state index contributed by atoms with van der Waals surface area (Å²) in [4.78, 5) is 0. The number of aliphatic hydroxyl groups excluding tert-OH is 1. The largest absolute Gasteiger partial charge is 0.389 e. The summed E-state index contributed by atoms with van der Waals surface area (Å²) in [6.45, 7) is -1.17. The van der Waals surface area contributed by atoms with Crippen molar-refractivity contribution in [3.05, 3.63) is 0 Å². The molecular formula is C3H7FO4S. The average Bonchev–Trinajstić information content (AvgIpc) is 1.62. The van der Waals surface area contributed by atoms with Crippen LogP contribution in [0.3, 0.4) is 0 Å². The van der Waals surface area contributed by atoms with E-state index in [-0.39, 0.29) is 0 Å². The number of halogens is 1. The van der Waals surface area contributed by atoms with Crippen LogP contribution in [0.15, 0.2) is 0 Å². The van der Waals surface area contributed by atoms with Crippen molar-refractivity contribution in [2.75, 3.05) is 12.4 Å². The predicted molar refractivity (Wildman–Crippen MR) is 28.4 cm³/mol. The van der Waals surface area contributed by atoms with Crippen LogP contribution < -0.4 is 0 Å². The molecule has 0 aliphatic rings. The van der Waals surface area contributed by atoms with Crippen LogP contribution in [0.5, 0.6) is 0 Å². The van der Waals surface area contributed by atoms with Crippen LogP contribution in [0, 0.1) is 0 Å². The second kappa shape index (κ2) is 3.09. The van der Waals surface area contributed by atoms with E-state index in [9.17, 15) is 12.8 Å². The summed E-state index contributed by atoms with van der Waals surface area (Å²) < 4.78 is 38.9. The third-order valence-corrected chi connectivity index (χ3v) is 1.39. The fourth-order valence-electron chi connectivity index (χ4n) is 0.288. The molecule has 0 aliphatic carbocycles. The van der Waals surface area contributed by atoms with E-state index >= 15 is 0 Å². The molecule has 0 bridgehead atoms. The summed E-state index contributed by atoms with van der Waals surface area (Å²) in [7, 11) is -4.23. The van der Waals surface area contributed by atoms with Crippen molar-refractivity contribution >= 4 is 10.1 Å². The van der Waals surface area contributed by atoms with E-state index in [4.69, 9.17) is 9.66 Å². The van der Waals surface area contributed by atoms with Gasteiger partial charge >= 0.3 is 0 Å². The van der Waals surface area contributed by atoms with Gasteiger partial charge in [-0.15, -0.1) is 0 Å². The summed E-state index contributed by atoms with van der Waals surface area (Å²) in [5.74, 6) is -0.941. The van der Waals surface area contributed by atoms with E-state index in [1.807, 2.05) is 0 Å². The molecule has 0 fully saturated rings. The first kappa shape index (κ1) is 8.80. The molecule has 1 atom stereocenters. The first-order valence-corrected chi connectivity index (χ1v) is 3.76. The van der Waals surface area contributed by atoms with Gasteiger partial charge in [-0.25, -0.2) is 4.39 Å². The van der Waals surface area contributed by atoms with Crippen molar-refractivity contribution < 1.29 is 22.5 Å². The highest BCUT2D eigenvalue weighted by Gasteiger charge is 2.12. The summed E-state index contributed by atoms with van der Waals surface area (Å²) in [6.07, 6.45) is -1.61. The lowest BCUT2D eigenvalue weighted by molar-refractivity contribution is 0.158. The van der Waals surface area contributed by atoms with Gasteiger partial charge in [0.1, 0.15) is 12.4 Å². The minimum atomic E-state index is -4.23. The quantitative estimate of drug-likeness (QED) is 0.527. The molecule has 0 rings (SSSR count). The minimum absolute atomic E-state index is 0.941. The SMILES string of the molecule is O=S(=O)(O)CC(O)CF. The molecule has 1 unspecified atom stereocenters. The topological polar surface area (TPSA) is 74.6 Å². The zero-order chi connectivity index (χ0) is 7.49. The summed E-state index contributed by atoms with van der Waals surface area (Å²) in [5, 5.41) is 8.28.